The van der Waals surface area contributed by atoms with E-state index >= 15 is 0 Å². The fourth-order valence-electron chi connectivity index (χ4n) is 1.51. The number of nitriles is 1. The van der Waals surface area contributed by atoms with E-state index in [1.807, 2.05) is 24.9 Å². The van der Waals surface area contributed by atoms with Crippen molar-refractivity contribution >= 4 is 5.78 Å². The van der Waals surface area contributed by atoms with Crippen molar-refractivity contribution in [3.63, 3.8) is 0 Å². The minimum atomic E-state index is 0.0542. The van der Waals surface area contributed by atoms with Gasteiger partial charge in [-0.2, -0.15) is 5.26 Å². The first-order chi connectivity index (χ1) is 8.67. The van der Waals surface area contributed by atoms with E-state index in [0.29, 0.717) is 30.9 Å². The average Bonchev–Trinajstić information content (AvgIpc) is 2.39. The highest BCUT2D eigenvalue weighted by molar-refractivity contribution is 5.97. The molecular weight excluding hydrogens is 228 g/mol. The van der Waals surface area contributed by atoms with Crippen LogP contribution in [-0.4, -0.2) is 44.0 Å². The summed E-state index contributed by atoms with van der Waals surface area (Å²) in [6, 6.07) is 8.73. The molecule has 0 unspecified atom stereocenters. The first-order valence-corrected chi connectivity index (χ1v) is 5.97. The largest absolute Gasteiger partial charge is 0.380 e. The van der Waals surface area contributed by atoms with Crippen molar-refractivity contribution in [1.82, 2.24) is 4.90 Å². The molecule has 0 saturated carbocycles. The van der Waals surface area contributed by atoms with E-state index in [2.05, 4.69) is 0 Å². The molecular formula is C14H18N2O2. The Morgan fingerprint density at radius 3 is 2.61 bits per heavy atom. The third kappa shape index (κ3) is 4.66. The Morgan fingerprint density at radius 1 is 1.39 bits per heavy atom. The van der Waals surface area contributed by atoms with Gasteiger partial charge in [0.05, 0.1) is 24.8 Å². The average molecular weight is 246 g/mol. The summed E-state index contributed by atoms with van der Waals surface area (Å²) in [7, 11) is 1.89. The number of rotatable bonds is 7. The molecule has 0 fully saturated rings. The monoisotopic (exact) mass is 246 g/mol. The Hall–Kier alpha value is -1.70. The zero-order valence-electron chi connectivity index (χ0n) is 10.8. The van der Waals surface area contributed by atoms with Crippen LogP contribution in [0.15, 0.2) is 24.3 Å². The van der Waals surface area contributed by atoms with Crippen LogP contribution in [0.3, 0.4) is 0 Å². The first kappa shape index (κ1) is 14.4. The molecule has 0 aliphatic rings. The number of carbonyl (C=O) groups excluding carboxylic acids is 1. The van der Waals surface area contributed by atoms with Crippen molar-refractivity contribution in [2.24, 2.45) is 0 Å². The minimum Gasteiger partial charge on any atom is -0.380 e. The van der Waals surface area contributed by atoms with Crippen LogP contribution >= 0.6 is 0 Å². The summed E-state index contributed by atoms with van der Waals surface area (Å²) in [5.74, 6) is 0.0542. The molecule has 1 aromatic carbocycles. The molecule has 0 bridgehead atoms. The van der Waals surface area contributed by atoms with E-state index in [1.165, 1.54) is 0 Å². The van der Waals surface area contributed by atoms with Gasteiger partial charge in [0.15, 0.2) is 5.78 Å². The number of ketones is 1. The van der Waals surface area contributed by atoms with Crippen LogP contribution in [0.2, 0.25) is 0 Å². The predicted molar refractivity (Wildman–Crippen MR) is 69.5 cm³/mol. The molecule has 0 amide bonds. The number of Topliss-reactive ketones (excluding diaryl/α,β-unsaturated/α-hetero) is 1. The Kier molecular flexibility index (Phi) is 6.06. The van der Waals surface area contributed by atoms with Crippen LogP contribution in [0.1, 0.15) is 22.8 Å². The summed E-state index contributed by atoms with van der Waals surface area (Å²) in [6.45, 7) is 4.36. The van der Waals surface area contributed by atoms with Gasteiger partial charge < -0.3 is 4.74 Å². The molecule has 0 radical (unpaired) electrons. The van der Waals surface area contributed by atoms with Crippen LogP contribution in [0.4, 0.5) is 0 Å². The second-order valence-corrected chi connectivity index (χ2v) is 4.05. The molecule has 4 nitrogen and oxygen atoms in total. The summed E-state index contributed by atoms with van der Waals surface area (Å²) in [6.07, 6.45) is 0. The number of hydrogen-bond donors (Lipinski definition) is 0. The SMILES string of the molecule is CCOCCN(C)CC(=O)c1ccc(C#N)cc1. The standard InChI is InChI=1S/C14H18N2O2/c1-3-18-9-8-16(2)11-14(17)13-6-4-12(10-15)5-7-13/h4-7H,3,8-9,11H2,1-2H3. The first-order valence-electron chi connectivity index (χ1n) is 5.97. The van der Waals surface area contributed by atoms with Crippen LogP contribution in [-0.2, 0) is 4.74 Å². The van der Waals surface area contributed by atoms with Crippen molar-refractivity contribution in [1.29, 1.82) is 5.26 Å². The topological polar surface area (TPSA) is 53.3 Å². The molecule has 0 N–H and O–H groups in total. The summed E-state index contributed by atoms with van der Waals surface area (Å²) >= 11 is 0. The van der Waals surface area contributed by atoms with Crippen molar-refractivity contribution in [2.45, 2.75) is 6.92 Å². The van der Waals surface area contributed by atoms with Gasteiger partial charge in [0.25, 0.3) is 0 Å². The van der Waals surface area contributed by atoms with Crippen molar-refractivity contribution in [2.75, 3.05) is 33.4 Å². The minimum absolute atomic E-state index is 0.0542. The molecule has 1 aromatic rings. The number of ether oxygens (including phenoxy) is 1. The molecule has 18 heavy (non-hydrogen) atoms. The number of likely N-dealkylation sites (N-methyl/N-ethyl adjacent to an activating group) is 1. The molecule has 4 heteroatoms. The van der Waals surface area contributed by atoms with Crippen molar-refractivity contribution in [3.05, 3.63) is 35.4 Å². The maximum absolute atomic E-state index is 11.9. The zero-order chi connectivity index (χ0) is 13.4. The molecule has 0 saturated heterocycles. The molecule has 96 valence electrons. The van der Waals surface area contributed by atoms with Gasteiger partial charge in [-0.05, 0) is 26.1 Å². The second-order valence-electron chi connectivity index (χ2n) is 4.05. The summed E-state index contributed by atoms with van der Waals surface area (Å²) in [5.41, 5.74) is 1.20. The molecule has 0 heterocycles. The van der Waals surface area contributed by atoms with Gasteiger partial charge in [0.1, 0.15) is 0 Å². The Labute approximate surface area is 108 Å². The van der Waals surface area contributed by atoms with E-state index in [4.69, 9.17) is 10.00 Å². The Balaban J connectivity index is 2.46. The summed E-state index contributed by atoms with van der Waals surface area (Å²) in [5, 5.41) is 8.68. The predicted octanol–water partition coefficient (Wildman–Crippen LogP) is 1.71. The molecule has 0 atom stereocenters. The van der Waals surface area contributed by atoms with Gasteiger partial charge in [-0.15, -0.1) is 0 Å². The lowest BCUT2D eigenvalue weighted by Crippen LogP contribution is -2.29. The third-order valence-electron chi connectivity index (χ3n) is 2.57. The van der Waals surface area contributed by atoms with Crippen LogP contribution < -0.4 is 0 Å². The highest BCUT2D eigenvalue weighted by Gasteiger charge is 2.09. The molecule has 0 aliphatic heterocycles. The lowest BCUT2D eigenvalue weighted by molar-refractivity contribution is 0.0897. The fourth-order valence-corrected chi connectivity index (χ4v) is 1.51. The fraction of sp³-hybridized carbons (Fsp3) is 0.429. The summed E-state index contributed by atoms with van der Waals surface area (Å²) in [4.78, 5) is 13.8. The van der Waals surface area contributed by atoms with Crippen LogP contribution in [0.5, 0.6) is 0 Å². The third-order valence-corrected chi connectivity index (χ3v) is 2.57. The smallest absolute Gasteiger partial charge is 0.176 e. The number of carbonyl (C=O) groups is 1. The highest BCUT2D eigenvalue weighted by atomic mass is 16.5. The van der Waals surface area contributed by atoms with E-state index in [0.717, 1.165) is 6.54 Å². The van der Waals surface area contributed by atoms with Gasteiger partial charge in [-0.1, -0.05) is 12.1 Å². The van der Waals surface area contributed by atoms with Crippen molar-refractivity contribution in [3.8, 4) is 6.07 Å². The van der Waals surface area contributed by atoms with Gasteiger partial charge in [0, 0.05) is 18.7 Å². The quantitative estimate of drug-likeness (QED) is 0.543. The molecule has 0 aliphatic carbocycles. The lowest BCUT2D eigenvalue weighted by Gasteiger charge is -2.15. The van der Waals surface area contributed by atoms with Gasteiger partial charge >= 0.3 is 0 Å². The Morgan fingerprint density at radius 2 is 2.06 bits per heavy atom. The Bertz CT molecular complexity index is 420. The maximum atomic E-state index is 11.9. The highest BCUT2D eigenvalue weighted by Crippen LogP contribution is 2.05. The molecule has 1 rings (SSSR count). The van der Waals surface area contributed by atoms with Crippen LogP contribution in [0.25, 0.3) is 0 Å². The number of nitrogens with zero attached hydrogens (tertiary/aromatic N) is 2. The van der Waals surface area contributed by atoms with Gasteiger partial charge in [-0.25, -0.2) is 0 Å². The van der Waals surface area contributed by atoms with Crippen LogP contribution in [0, 0.1) is 11.3 Å². The van der Waals surface area contributed by atoms with E-state index < -0.39 is 0 Å². The lowest BCUT2D eigenvalue weighted by atomic mass is 10.1. The summed E-state index contributed by atoms with van der Waals surface area (Å²) < 4.78 is 5.23. The molecule has 0 spiro atoms. The van der Waals surface area contributed by atoms with Crippen molar-refractivity contribution < 1.29 is 9.53 Å². The van der Waals surface area contributed by atoms with E-state index in [1.54, 1.807) is 24.3 Å². The number of hydrogen-bond acceptors (Lipinski definition) is 4. The zero-order valence-corrected chi connectivity index (χ0v) is 10.8. The number of benzene rings is 1. The van der Waals surface area contributed by atoms with Gasteiger partial charge in [0.2, 0.25) is 0 Å². The molecule has 0 aromatic heterocycles. The maximum Gasteiger partial charge on any atom is 0.176 e. The normalized spacial score (nSPS) is 10.3. The second kappa shape index (κ2) is 7.59. The van der Waals surface area contributed by atoms with E-state index in [9.17, 15) is 4.79 Å². The van der Waals surface area contributed by atoms with E-state index in [-0.39, 0.29) is 5.78 Å². The van der Waals surface area contributed by atoms with Gasteiger partial charge in [-0.3, -0.25) is 9.69 Å².